The van der Waals surface area contributed by atoms with Crippen molar-refractivity contribution in [1.82, 2.24) is 5.32 Å². The molecule has 6 heteroatoms. The fourth-order valence-electron chi connectivity index (χ4n) is 1.53. The van der Waals surface area contributed by atoms with Crippen LogP contribution in [0.1, 0.15) is 36.4 Å². The lowest BCUT2D eigenvalue weighted by Gasteiger charge is -2.00. The third-order valence-corrected chi connectivity index (χ3v) is 3.84. The van der Waals surface area contributed by atoms with Crippen LogP contribution in [0, 0.1) is 13.8 Å². The second-order valence-electron chi connectivity index (χ2n) is 4.10. The van der Waals surface area contributed by atoms with Crippen LogP contribution in [0.5, 0.6) is 0 Å². The van der Waals surface area contributed by atoms with Gasteiger partial charge in [-0.1, -0.05) is 0 Å². The average molecular weight is 279 g/mol. The molecular weight excluding hydrogens is 266 g/mol. The van der Waals surface area contributed by atoms with E-state index in [1.165, 1.54) is 23.5 Å². The predicted molar refractivity (Wildman–Crippen MR) is 70.6 cm³/mol. The highest BCUT2D eigenvalue weighted by Crippen LogP contribution is 2.20. The first-order valence-corrected chi connectivity index (χ1v) is 6.46. The fourth-order valence-corrected chi connectivity index (χ4v) is 2.48. The van der Waals surface area contributed by atoms with Gasteiger partial charge < -0.3 is 14.8 Å². The van der Waals surface area contributed by atoms with Crippen LogP contribution in [0.3, 0.4) is 0 Å². The molecule has 0 spiro atoms. The highest BCUT2D eigenvalue weighted by molar-refractivity contribution is 7.14. The number of carbonyl (C=O) groups is 2. The average Bonchev–Trinajstić information content (AvgIpc) is 2.94. The Morgan fingerprint density at radius 2 is 2.11 bits per heavy atom. The van der Waals surface area contributed by atoms with E-state index < -0.39 is 5.97 Å². The van der Waals surface area contributed by atoms with Crippen molar-refractivity contribution in [3.8, 4) is 0 Å². The van der Waals surface area contributed by atoms with Gasteiger partial charge in [0.1, 0.15) is 5.76 Å². The summed E-state index contributed by atoms with van der Waals surface area (Å²) in [6, 6.07) is 4.73. The zero-order chi connectivity index (χ0) is 14.0. The van der Waals surface area contributed by atoms with Gasteiger partial charge in [-0.25, -0.2) is 4.79 Å². The molecule has 0 atom stereocenters. The SMILES string of the molecule is Cc1cc(C(=O)NCc2ccc(C(=O)O)o2)sc1C. The monoisotopic (exact) mass is 279 g/mol. The van der Waals surface area contributed by atoms with E-state index in [-0.39, 0.29) is 18.2 Å². The summed E-state index contributed by atoms with van der Waals surface area (Å²) >= 11 is 1.43. The smallest absolute Gasteiger partial charge is 0.371 e. The van der Waals surface area contributed by atoms with Crippen LogP contribution in [0.4, 0.5) is 0 Å². The van der Waals surface area contributed by atoms with Crippen molar-refractivity contribution in [2.45, 2.75) is 20.4 Å². The van der Waals surface area contributed by atoms with Crippen molar-refractivity contribution < 1.29 is 19.1 Å². The third kappa shape index (κ3) is 3.03. The number of carbonyl (C=O) groups excluding carboxylic acids is 1. The Bertz CT molecular complexity index is 607. The van der Waals surface area contributed by atoms with Gasteiger partial charge in [0.25, 0.3) is 5.91 Å². The van der Waals surface area contributed by atoms with Crippen molar-refractivity contribution in [2.24, 2.45) is 0 Å². The Hall–Kier alpha value is -2.08. The lowest BCUT2D eigenvalue weighted by molar-refractivity contribution is 0.0660. The Balaban J connectivity index is 1.98. The van der Waals surface area contributed by atoms with Crippen LogP contribution in [0.2, 0.25) is 0 Å². The Kier molecular flexibility index (Phi) is 3.71. The van der Waals surface area contributed by atoms with E-state index in [1.807, 2.05) is 19.9 Å². The summed E-state index contributed by atoms with van der Waals surface area (Å²) in [6.07, 6.45) is 0. The Labute approximate surface area is 113 Å². The molecule has 0 bridgehead atoms. The zero-order valence-corrected chi connectivity index (χ0v) is 11.3. The Morgan fingerprint density at radius 3 is 2.63 bits per heavy atom. The van der Waals surface area contributed by atoms with Crippen molar-refractivity contribution in [1.29, 1.82) is 0 Å². The maximum atomic E-state index is 11.9. The molecule has 2 rings (SSSR count). The number of hydrogen-bond acceptors (Lipinski definition) is 4. The summed E-state index contributed by atoms with van der Waals surface area (Å²) in [4.78, 5) is 24.2. The van der Waals surface area contributed by atoms with Crippen LogP contribution in [0.25, 0.3) is 0 Å². The number of aryl methyl sites for hydroxylation is 2. The van der Waals surface area contributed by atoms with Gasteiger partial charge in [-0.2, -0.15) is 0 Å². The molecule has 2 aromatic heterocycles. The van der Waals surface area contributed by atoms with Crippen LogP contribution < -0.4 is 5.32 Å². The van der Waals surface area contributed by atoms with Crippen molar-refractivity contribution in [3.63, 3.8) is 0 Å². The fraction of sp³-hybridized carbons (Fsp3) is 0.231. The third-order valence-electron chi connectivity index (χ3n) is 2.69. The number of hydrogen-bond donors (Lipinski definition) is 2. The van der Waals surface area contributed by atoms with Crippen LogP contribution >= 0.6 is 11.3 Å². The van der Waals surface area contributed by atoms with Crippen LogP contribution in [-0.4, -0.2) is 17.0 Å². The topological polar surface area (TPSA) is 79.5 Å². The highest BCUT2D eigenvalue weighted by atomic mass is 32.1. The summed E-state index contributed by atoms with van der Waals surface area (Å²) in [5, 5.41) is 11.4. The minimum absolute atomic E-state index is 0.132. The molecular formula is C13H13NO4S. The first-order valence-electron chi connectivity index (χ1n) is 5.64. The van der Waals surface area contributed by atoms with Gasteiger partial charge >= 0.3 is 5.97 Å². The van der Waals surface area contributed by atoms with Gasteiger partial charge in [-0.05, 0) is 37.6 Å². The second kappa shape index (κ2) is 5.27. The number of furan rings is 1. The van der Waals surface area contributed by atoms with E-state index in [2.05, 4.69) is 5.32 Å². The molecule has 0 aromatic carbocycles. The molecule has 0 unspecified atom stereocenters. The molecule has 5 nitrogen and oxygen atoms in total. The molecule has 0 radical (unpaired) electrons. The van der Waals surface area contributed by atoms with Gasteiger partial charge in [0.15, 0.2) is 0 Å². The van der Waals surface area contributed by atoms with E-state index in [0.717, 1.165) is 10.4 Å². The minimum atomic E-state index is -1.12. The Morgan fingerprint density at radius 1 is 1.37 bits per heavy atom. The van der Waals surface area contributed by atoms with Gasteiger partial charge in [-0.3, -0.25) is 4.79 Å². The van der Waals surface area contributed by atoms with Gasteiger partial charge in [-0.15, -0.1) is 11.3 Å². The van der Waals surface area contributed by atoms with Crippen molar-refractivity contribution >= 4 is 23.2 Å². The maximum absolute atomic E-state index is 11.9. The first kappa shape index (κ1) is 13.4. The quantitative estimate of drug-likeness (QED) is 0.901. The normalized spacial score (nSPS) is 10.4. The number of aromatic carboxylic acids is 1. The minimum Gasteiger partial charge on any atom is -0.475 e. The predicted octanol–water partition coefficient (Wildman–Crippen LogP) is 2.59. The summed E-state index contributed by atoms with van der Waals surface area (Å²) in [5.41, 5.74) is 1.08. The summed E-state index contributed by atoms with van der Waals surface area (Å²) in [7, 11) is 0. The molecule has 2 N–H and O–H groups in total. The summed E-state index contributed by atoms with van der Waals surface area (Å²) in [5.74, 6) is -1.03. The molecule has 100 valence electrons. The largest absolute Gasteiger partial charge is 0.475 e. The molecule has 0 fully saturated rings. The molecule has 0 saturated carbocycles. The van der Waals surface area contributed by atoms with Crippen LogP contribution in [-0.2, 0) is 6.54 Å². The van der Waals surface area contributed by atoms with Crippen LogP contribution in [0.15, 0.2) is 22.6 Å². The number of carboxylic acid groups (broad SMARTS) is 1. The highest BCUT2D eigenvalue weighted by Gasteiger charge is 2.12. The second-order valence-corrected chi connectivity index (χ2v) is 5.36. The van der Waals surface area contributed by atoms with E-state index in [4.69, 9.17) is 9.52 Å². The molecule has 2 aromatic rings. The summed E-state index contributed by atoms with van der Waals surface area (Å²) < 4.78 is 5.05. The zero-order valence-electron chi connectivity index (χ0n) is 10.5. The van der Waals surface area contributed by atoms with E-state index >= 15 is 0 Å². The van der Waals surface area contributed by atoms with E-state index in [1.54, 1.807) is 0 Å². The van der Waals surface area contributed by atoms with Crippen molar-refractivity contribution in [3.05, 3.63) is 45.0 Å². The molecule has 0 saturated heterocycles. The number of thiophene rings is 1. The number of nitrogens with one attached hydrogen (secondary N) is 1. The lowest BCUT2D eigenvalue weighted by Crippen LogP contribution is -2.21. The molecule has 0 aliphatic carbocycles. The number of amides is 1. The van der Waals surface area contributed by atoms with Crippen molar-refractivity contribution in [2.75, 3.05) is 0 Å². The standard InChI is InChI=1S/C13H13NO4S/c1-7-5-11(19-8(7)2)12(15)14-6-9-3-4-10(18-9)13(16)17/h3-5H,6H2,1-2H3,(H,14,15)(H,16,17). The van der Waals surface area contributed by atoms with Gasteiger partial charge in [0, 0.05) is 4.88 Å². The van der Waals surface area contributed by atoms with Gasteiger partial charge in [0.2, 0.25) is 5.76 Å². The lowest BCUT2D eigenvalue weighted by atomic mass is 10.3. The number of carboxylic acids is 1. The first-order chi connectivity index (χ1) is 8.97. The summed E-state index contributed by atoms with van der Waals surface area (Å²) in [6.45, 7) is 4.08. The molecule has 2 heterocycles. The number of rotatable bonds is 4. The molecule has 1 amide bonds. The van der Waals surface area contributed by atoms with Gasteiger partial charge in [0.05, 0.1) is 11.4 Å². The van der Waals surface area contributed by atoms with E-state index in [9.17, 15) is 9.59 Å². The van der Waals surface area contributed by atoms with E-state index in [0.29, 0.717) is 10.6 Å². The molecule has 19 heavy (non-hydrogen) atoms. The maximum Gasteiger partial charge on any atom is 0.371 e. The molecule has 0 aliphatic rings. The molecule has 0 aliphatic heterocycles.